The second-order valence-corrected chi connectivity index (χ2v) is 4.72. The fourth-order valence-electron chi connectivity index (χ4n) is 1.63. The second kappa shape index (κ2) is 6.64. The number of pyridine rings is 1. The average Bonchev–Trinajstić information content (AvgIpc) is 3.25. The Morgan fingerprint density at radius 2 is 2.24 bits per heavy atom. The van der Waals surface area contributed by atoms with Crippen molar-refractivity contribution in [2.45, 2.75) is 31.6 Å². The van der Waals surface area contributed by atoms with Gasteiger partial charge in [-0.25, -0.2) is 4.98 Å². The van der Waals surface area contributed by atoms with E-state index in [0.717, 1.165) is 12.8 Å². The van der Waals surface area contributed by atoms with E-state index in [1.807, 2.05) is 0 Å². The molecule has 0 aromatic carbocycles. The molecule has 0 radical (unpaired) electrons. The predicted molar refractivity (Wildman–Crippen MR) is 72.1 cm³/mol. The summed E-state index contributed by atoms with van der Waals surface area (Å²) >= 11 is 0. The van der Waals surface area contributed by atoms with Gasteiger partial charge in [0.05, 0.1) is 0 Å². The lowest BCUT2D eigenvalue weighted by molar-refractivity contribution is -0.154. The minimum atomic E-state index is -4.38. The Labute approximate surface area is 120 Å². The van der Waals surface area contributed by atoms with Gasteiger partial charge in [-0.15, -0.1) is 0 Å². The normalized spacial score (nSPS) is 15.7. The molecule has 2 rings (SSSR count). The molecule has 1 aromatic rings. The average molecular weight is 302 g/mol. The third kappa shape index (κ3) is 5.49. The topological polar surface area (TPSA) is 58.5 Å². The summed E-state index contributed by atoms with van der Waals surface area (Å²) in [4.78, 5) is 7.89. The standard InChI is InChI=1S/C13H17F3N4O/c1-17-12(20-10-4-5-10)19-7-9-3-2-6-18-11(9)21-8-13(14,15)16/h2-3,6,10H,4-5,7-8H2,1H3,(H2,17,19,20). The maximum absolute atomic E-state index is 12.2. The molecule has 1 aliphatic rings. The zero-order chi connectivity index (χ0) is 15.3. The first-order chi connectivity index (χ1) is 9.98. The number of hydrogen-bond acceptors (Lipinski definition) is 3. The number of nitrogens with zero attached hydrogens (tertiary/aromatic N) is 2. The van der Waals surface area contributed by atoms with Crippen molar-refractivity contribution in [1.82, 2.24) is 15.6 Å². The number of rotatable bonds is 5. The molecular weight excluding hydrogens is 285 g/mol. The highest BCUT2D eigenvalue weighted by atomic mass is 19.4. The molecule has 21 heavy (non-hydrogen) atoms. The number of aromatic nitrogens is 1. The van der Waals surface area contributed by atoms with Crippen molar-refractivity contribution in [3.05, 3.63) is 23.9 Å². The first kappa shape index (κ1) is 15.4. The van der Waals surface area contributed by atoms with Crippen LogP contribution in [0.4, 0.5) is 13.2 Å². The Kier molecular flexibility index (Phi) is 4.87. The summed E-state index contributed by atoms with van der Waals surface area (Å²) in [6.07, 6.45) is -0.778. The van der Waals surface area contributed by atoms with Crippen LogP contribution in [0.25, 0.3) is 0 Å². The zero-order valence-corrected chi connectivity index (χ0v) is 11.6. The van der Waals surface area contributed by atoms with Crippen LogP contribution >= 0.6 is 0 Å². The van der Waals surface area contributed by atoms with E-state index >= 15 is 0 Å². The zero-order valence-electron chi connectivity index (χ0n) is 11.6. The molecule has 0 spiro atoms. The largest absolute Gasteiger partial charge is 0.468 e. The van der Waals surface area contributed by atoms with E-state index in [-0.39, 0.29) is 12.4 Å². The molecular formula is C13H17F3N4O. The Morgan fingerprint density at radius 3 is 2.86 bits per heavy atom. The third-order valence-electron chi connectivity index (χ3n) is 2.81. The summed E-state index contributed by atoms with van der Waals surface area (Å²) in [7, 11) is 1.64. The molecule has 0 bridgehead atoms. The highest BCUT2D eigenvalue weighted by Gasteiger charge is 2.29. The molecule has 1 fully saturated rings. The first-order valence-corrected chi connectivity index (χ1v) is 6.58. The van der Waals surface area contributed by atoms with Crippen LogP contribution in [0.3, 0.4) is 0 Å². The Balaban J connectivity index is 1.92. The fourth-order valence-corrected chi connectivity index (χ4v) is 1.63. The smallest absolute Gasteiger partial charge is 0.422 e. The number of hydrogen-bond donors (Lipinski definition) is 2. The summed E-state index contributed by atoms with van der Waals surface area (Å²) in [5.41, 5.74) is 0.542. The van der Waals surface area contributed by atoms with Gasteiger partial charge in [-0.1, -0.05) is 6.07 Å². The summed E-state index contributed by atoms with van der Waals surface area (Å²) in [6.45, 7) is -1.07. The lowest BCUT2D eigenvalue weighted by Gasteiger charge is -2.14. The van der Waals surface area contributed by atoms with E-state index in [9.17, 15) is 13.2 Å². The number of halogens is 3. The number of nitrogens with one attached hydrogen (secondary N) is 2. The van der Waals surface area contributed by atoms with Crippen LogP contribution in [0.5, 0.6) is 5.88 Å². The molecule has 8 heteroatoms. The summed E-state index contributed by atoms with van der Waals surface area (Å²) in [5, 5.41) is 6.22. The maximum Gasteiger partial charge on any atom is 0.422 e. The highest BCUT2D eigenvalue weighted by Crippen LogP contribution is 2.20. The Morgan fingerprint density at radius 1 is 1.48 bits per heavy atom. The number of ether oxygens (including phenoxy) is 1. The van der Waals surface area contributed by atoms with Crippen LogP contribution < -0.4 is 15.4 Å². The second-order valence-electron chi connectivity index (χ2n) is 4.72. The van der Waals surface area contributed by atoms with Crippen LogP contribution in [-0.2, 0) is 6.54 Å². The van der Waals surface area contributed by atoms with Crippen molar-refractivity contribution >= 4 is 5.96 Å². The number of aliphatic imine (C=N–C) groups is 1. The van der Waals surface area contributed by atoms with Gasteiger partial charge in [-0.3, -0.25) is 4.99 Å². The van der Waals surface area contributed by atoms with Gasteiger partial charge in [-0.05, 0) is 18.9 Å². The lowest BCUT2D eigenvalue weighted by atomic mass is 10.2. The van der Waals surface area contributed by atoms with Gasteiger partial charge in [0.2, 0.25) is 5.88 Å². The quantitative estimate of drug-likeness (QED) is 0.644. The van der Waals surface area contributed by atoms with Gasteiger partial charge in [-0.2, -0.15) is 13.2 Å². The van der Waals surface area contributed by atoms with Crippen LogP contribution in [0.15, 0.2) is 23.3 Å². The molecule has 2 N–H and O–H groups in total. The van der Waals surface area contributed by atoms with Gasteiger partial charge in [0.25, 0.3) is 0 Å². The van der Waals surface area contributed by atoms with E-state index < -0.39 is 12.8 Å². The van der Waals surface area contributed by atoms with Gasteiger partial charge in [0, 0.05) is 31.4 Å². The molecule has 0 aliphatic heterocycles. The lowest BCUT2D eigenvalue weighted by Crippen LogP contribution is -2.38. The molecule has 5 nitrogen and oxygen atoms in total. The molecule has 116 valence electrons. The first-order valence-electron chi connectivity index (χ1n) is 6.58. The van der Waals surface area contributed by atoms with Gasteiger partial charge >= 0.3 is 6.18 Å². The van der Waals surface area contributed by atoms with Crippen molar-refractivity contribution in [3.8, 4) is 5.88 Å². The SMILES string of the molecule is CN=C(NCc1cccnc1OCC(F)(F)F)NC1CC1. The van der Waals surface area contributed by atoms with Crippen molar-refractivity contribution in [2.24, 2.45) is 4.99 Å². The molecule has 0 atom stereocenters. The van der Waals surface area contributed by atoms with E-state index in [1.165, 1.54) is 6.20 Å². The van der Waals surface area contributed by atoms with Crippen molar-refractivity contribution < 1.29 is 17.9 Å². The maximum atomic E-state index is 12.2. The van der Waals surface area contributed by atoms with E-state index in [2.05, 4.69) is 20.6 Å². The number of alkyl halides is 3. The highest BCUT2D eigenvalue weighted by molar-refractivity contribution is 5.80. The molecule has 1 aliphatic carbocycles. The minimum Gasteiger partial charge on any atom is -0.468 e. The van der Waals surface area contributed by atoms with Crippen molar-refractivity contribution in [2.75, 3.05) is 13.7 Å². The van der Waals surface area contributed by atoms with Crippen LogP contribution in [-0.4, -0.2) is 36.8 Å². The van der Waals surface area contributed by atoms with E-state index in [1.54, 1.807) is 19.2 Å². The van der Waals surface area contributed by atoms with E-state index in [4.69, 9.17) is 4.74 Å². The Hall–Kier alpha value is -1.99. The predicted octanol–water partition coefficient (Wildman–Crippen LogP) is 1.85. The molecule has 0 amide bonds. The molecule has 1 saturated carbocycles. The summed E-state index contributed by atoms with van der Waals surface area (Å²) in [5.74, 6) is 0.590. The minimum absolute atomic E-state index is 0.0239. The van der Waals surface area contributed by atoms with Crippen LogP contribution in [0.2, 0.25) is 0 Å². The molecule has 1 aromatic heterocycles. The summed E-state index contributed by atoms with van der Waals surface area (Å²) in [6, 6.07) is 3.75. The molecule has 0 saturated heterocycles. The van der Waals surface area contributed by atoms with Crippen LogP contribution in [0.1, 0.15) is 18.4 Å². The summed E-state index contributed by atoms with van der Waals surface area (Å²) < 4.78 is 41.3. The Bertz CT molecular complexity index is 500. The van der Waals surface area contributed by atoms with Crippen LogP contribution in [0, 0.1) is 0 Å². The van der Waals surface area contributed by atoms with Gasteiger partial charge in [0.15, 0.2) is 12.6 Å². The molecule has 1 heterocycles. The van der Waals surface area contributed by atoms with Gasteiger partial charge < -0.3 is 15.4 Å². The monoisotopic (exact) mass is 302 g/mol. The third-order valence-corrected chi connectivity index (χ3v) is 2.81. The fraction of sp³-hybridized carbons (Fsp3) is 0.538. The van der Waals surface area contributed by atoms with E-state index in [0.29, 0.717) is 17.6 Å². The van der Waals surface area contributed by atoms with Crippen molar-refractivity contribution in [1.29, 1.82) is 0 Å². The van der Waals surface area contributed by atoms with Crippen molar-refractivity contribution in [3.63, 3.8) is 0 Å². The number of guanidine groups is 1. The van der Waals surface area contributed by atoms with Gasteiger partial charge in [0.1, 0.15) is 0 Å². The molecule has 0 unspecified atom stereocenters.